The molecular formula is C13H13Cl3F2N2O. The van der Waals surface area contributed by atoms with Crippen molar-refractivity contribution in [2.75, 3.05) is 19.1 Å². The molecule has 0 aliphatic rings. The van der Waals surface area contributed by atoms with E-state index in [9.17, 15) is 8.78 Å². The van der Waals surface area contributed by atoms with Crippen LogP contribution in [0.25, 0.3) is 11.0 Å². The third-order valence-corrected chi connectivity index (χ3v) is 3.80. The van der Waals surface area contributed by atoms with Gasteiger partial charge in [-0.1, -0.05) is 23.2 Å². The summed E-state index contributed by atoms with van der Waals surface area (Å²) in [6.07, 6.45) is -1.92. The summed E-state index contributed by atoms with van der Waals surface area (Å²) in [5.41, 5.74) is 1.48. The molecule has 1 heterocycles. The highest BCUT2D eigenvalue weighted by molar-refractivity contribution is 6.42. The summed E-state index contributed by atoms with van der Waals surface area (Å²) in [4.78, 5) is 4.45. The Morgan fingerprint density at radius 2 is 1.95 bits per heavy atom. The lowest BCUT2D eigenvalue weighted by molar-refractivity contribution is 0.0148. The number of rotatable bonds is 7. The fraction of sp³-hybridized carbons (Fsp3) is 0.462. The first-order valence-corrected chi connectivity index (χ1v) is 7.58. The minimum atomic E-state index is -2.47. The third-order valence-electron chi connectivity index (χ3n) is 2.89. The quantitative estimate of drug-likeness (QED) is 0.542. The highest BCUT2D eigenvalue weighted by atomic mass is 35.5. The molecule has 0 radical (unpaired) electrons. The number of imidazole rings is 1. The largest absolute Gasteiger partial charge is 0.374 e. The highest BCUT2D eigenvalue weighted by Crippen LogP contribution is 2.28. The Labute approximate surface area is 135 Å². The van der Waals surface area contributed by atoms with E-state index in [1.807, 2.05) is 4.57 Å². The Morgan fingerprint density at radius 1 is 1.24 bits per heavy atom. The summed E-state index contributed by atoms with van der Waals surface area (Å²) in [5, 5.41) is 0.830. The van der Waals surface area contributed by atoms with Gasteiger partial charge in [0, 0.05) is 18.8 Å². The maximum absolute atomic E-state index is 12.1. The second-order valence-corrected chi connectivity index (χ2v) is 5.53. The van der Waals surface area contributed by atoms with E-state index in [1.165, 1.54) is 0 Å². The van der Waals surface area contributed by atoms with Crippen molar-refractivity contribution >= 4 is 45.8 Å². The Balaban J connectivity index is 2.25. The zero-order valence-electron chi connectivity index (χ0n) is 11.0. The van der Waals surface area contributed by atoms with Crippen LogP contribution in [0.1, 0.15) is 5.82 Å². The summed E-state index contributed by atoms with van der Waals surface area (Å²) in [7, 11) is 0. The number of alkyl halides is 3. The maximum Gasteiger partial charge on any atom is 0.261 e. The monoisotopic (exact) mass is 356 g/mol. The van der Waals surface area contributed by atoms with E-state index in [1.54, 1.807) is 12.1 Å². The van der Waals surface area contributed by atoms with E-state index in [0.29, 0.717) is 34.4 Å². The molecular weight excluding hydrogens is 345 g/mol. The van der Waals surface area contributed by atoms with Crippen molar-refractivity contribution in [2.24, 2.45) is 0 Å². The number of hydrogen-bond acceptors (Lipinski definition) is 2. The topological polar surface area (TPSA) is 27.1 Å². The van der Waals surface area contributed by atoms with Crippen LogP contribution < -0.4 is 0 Å². The molecule has 1 aromatic heterocycles. The molecule has 8 heteroatoms. The normalized spacial score (nSPS) is 11.7. The van der Waals surface area contributed by atoms with Crippen LogP contribution in [-0.2, 0) is 17.7 Å². The van der Waals surface area contributed by atoms with Crippen LogP contribution in [0.4, 0.5) is 8.78 Å². The van der Waals surface area contributed by atoms with Crippen LogP contribution in [0.5, 0.6) is 0 Å². The standard InChI is InChI=1S/C13H13Cl3F2N2O/c14-2-1-13-19-10-5-8(15)9(16)6-11(10)20(13)3-4-21-7-12(17)18/h5-6,12H,1-4,7H2. The van der Waals surface area contributed by atoms with Gasteiger partial charge in [-0.15, -0.1) is 11.6 Å². The van der Waals surface area contributed by atoms with Gasteiger partial charge in [0.1, 0.15) is 12.4 Å². The van der Waals surface area contributed by atoms with Crippen LogP contribution in [0.15, 0.2) is 12.1 Å². The lowest BCUT2D eigenvalue weighted by Gasteiger charge is -2.09. The number of fused-ring (bicyclic) bond motifs is 1. The molecule has 0 fully saturated rings. The van der Waals surface area contributed by atoms with Gasteiger partial charge in [0.05, 0.1) is 27.7 Å². The van der Waals surface area contributed by atoms with Gasteiger partial charge in [0.25, 0.3) is 6.43 Å². The molecule has 0 unspecified atom stereocenters. The molecule has 0 amide bonds. The zero-order chi connectivity index (χ0) is 15.4. The molecule has 0 saturated carbocycles. The maximum atomic E-state index is 12.1. The number of aryl methyl sites for hydroxylation is 1. The predicted octanol–water partition coefficient (Wildman–Crippen LogP) is 4.41. The summed E-state index contributed by atoms with van der Waals surface area (Å²) >= 11 is 17.8. The van der Waals surface area contributed by atoms with Gasteiger partial charge >= 0.3 is 0 Å². The Kier molecular flexibility index (Phi) is 6.05. The number of benzene rings is 1. The molecule has 0 aliphatic heterocycles. The van der Waals surface area contributed by atoms with E-state index < -0.39 is 13.0 Å². The van der Waals surface area contributed by atoms with E-state index in [2.05, 4.69) is 4.98 Å². The number of ether oxygens (including phenoxy) is 1. The molecule has 0 spiro atoms. The molecule has 0 saturated heterocycles. The number of nitrogens with zero attached hydrogens (tertiary/aromatic N) is 2. The number of halogens is 5. The summed E-state index contributed by atoms with van der Waals surface area (Å²) < 4.78 is 30.9. The van der Waals surface area contributed by atoms with Gasteiger partial charge in [0.2, 0.25) is 0 Å². The molecule has 0 bridgehead atoms. The van der Waals surface area contributed by atoms with Crippen molar-refractivity contribution in [3.05, 3.63) is 28.0 Å². The summed E-state index contributed by atoms with van der Waals surface area (Å²) in [6.45, 7) is -0.0250. The van der Waals surface area contributed by atoms with Crippen molar-refractivity contribution < 1.29 is 13.5 Å². The SMILES string of the molecule is FC(F)COCCn1c(CCCl)nc2cc(Cl)c(Cl)cc21. The van der Waals surface area contributed by atoms with E-state index in [0.717, 1.165) is 11.3 Å². The molecule has 21 heavy (non-hydrogen) atoms. The summed E-state index contributed by atoms with van der Waals surface area (Å²) in [6, 6.07) is 3.38. The van der Waals surface area contributed by atoms with Gasteiger partial charge in [-0.25, -0.2) is 13.8 Å². The predicted molar refractivity (Wildman–Crippen MR) is 81.0 cm³/mol. The first-order valence-electron chi connectivity index (χ1n) is 6.29. The van der Waals surface area contributed by atoms with Crippen LogP contribution in [0, 0.1) is 0 Å². The molecule has 0 N–H and O–H groups in total. The molecule has 116 valence electrons. The van der Waals surface area contributed by atoms with Crippen LogP contribution in [-0.4, -0.2) is 35.1 Å². The second-order valence-electron chi connectivity index (χ2n) is 4.34. The van der Waals surface area contributed by atoms with E-state index in [4.69, 9.17) is 39.5 Å². The van der Waals surface area contributed by atoms with Crippen LogP contribution >= 0.6 is 34.8 Å². The van der Waals surface area contributed by atoms with E-state index >= 15 is 0 Å². The van der Waals surface area contributed by atoms with Gasteiger partial charge in [0.15, 0.2) is 0 Å². The molecule has 2 aromatic rings. The third kappa shape index (κ3) is 4.19. The summed E-state index contributed by atoms with van der Waals surface area (Å²) in [5.74, 6) is 1.15. The number of aromatic nitrogens is 2. The Hall–Kier alpha value is -0.620. The fourth-order valence-electron chi connectivity index (χ4n) is 2.02. The first-order chi connectivity index (χ1) is 10.0. The smallest absolute Gasteiger partial charge is 0.261 e. The lowest BCUT2D eigenvalue weighted by atomic mass is 10.3. The van der Waals surface area contributed by atoms with Crippen LogP contribution in [0.2, 0.25) is 10.0 Å². The van der Waals surface area contributed by atoms with Crippen molar-refractivity contribution in [2.45, 2.75) is 19.4 Å². The average molecular weight is 358 g/mol. The highest BCUT2D eigenvalue weighted by Gasteiger charge is 2.13. The van der Waals surface area contributed by atoms with Crippen molar-refractivity contribution in [1.29, 1.82) is 0 Å². The zero-order valence-corrected chi connectivity index (χ0v) is 13.2. The van der Waals surface area contributed by atoms with Crippen molar-refractivity contribution in [1.82, 2.24) is 9.55 Å². The molecule has 3 nitrogen and oxygen atoms in total. The van der Waals surface area contributed by atoms with Gasteiger partial charge < -0.3 is 9.30 Å². The molecule has 1 aromatic carbocycles. The van der Waals surface area contributed by atoms with Gasteiger partial charge in [-0.3, -0.25) is 0 Å². The second kappa shape index (κ2) is 7.58. The molecule has 0 atom stereocenters. The number of hydrogen-bond donors (Lipinski definition) is 0. The Bertz CT molecular complexity index is 619. The van der Waals surface area contributed by atoms with E-state index in [-0.39, 0.29) is 6.61 Å². The lowest BCUT2D eigenvalue weighted by Crippen LogP contribution is -2.13. The molecule has 0 aliphatic carbocycles. The van der Waals surface area contributed by atoms with Gasteiger partial charge in [-0.2, -0.15) is 0 Å². The fourth-order valence-corrected chi connectivity index (χ4v) is 2.51. The van der Waals surface area contributed by atoms with Gasteiger partial charge in [-0.05, 0) is 12.1 Å². The minimum Gasteiger partial charge on any atom is -0.374 e. The Morgan fingerprint density at radius 3 is 2.62 bits per heavy atom. The first kappa shape index (κ1) is 16.7. The minimum absolute atomic E-state index is 0.158. The van der Waals surface area contributed by atoms with Crippen molar-refractivity contribution in [3.8, 4) is 0 Å². The van der Waals surface area contributed by atoms with Crippen molar-refractivity contribution in [3.63, 3.8) is 0 Å². The molecule has 2 rings (SSSR count). The average Bonchev–Trinajstić information content (AvgIpc) is 2.73. The van der Waals surface area contributed by atoms with Crippen LogP contribution in [0.3, 0.4) is 0 Å².